The van der Waals surface area contributed by atoms with Crippen molar-refractivity contribution in [2.75, 3.05) is 6.61 Å². The number of carbonyl (C=O) groups is 1. The number of hydrogen-bond donors (Lipinski definition) is 0. The number of carbonyl (C=O) groups excluding carboxylic acids is 1. The number of rotatable bonds is 8. The average Bonchev–Trinajstić information content (AvgIpc) is 3.03. The molecular formula is C20H26O4. The fourth-order valence-corrected chi connectivity index (χ4v) is 2.69. The third kappa shape index (κ3) is 4.63. The lowest BCUT2D eigenvalue weighted by Crippen LogP contribution is -2.16. The molecule has 4 heteroatoms. The molecule has 0 saturated heterocycles. The molecule has 0 atom stereocenters. The van der Waals surface area contributed by atoms with Crippen molar-refractivity contribution < 1.29 is 18.7 Å². The molecule has 2 aromatic rings. The number of esters is 1. The molecule has 130 valence electrons. The second-order valence-corrected chi connectivity index (χ2v) is 6.43. The van der Waals surface area contributed by atoms with Gasteiger partial charge < -0.3 is 13.9 Å². The lowest BCUT2D eigenvalue weighted by Gasteiger charge is -2.24. The van der Waals surface area contributed by atoms with Gasteiger partial charge in [-0.15, -0.1) is 0 Å². The molecule has 2 rings (SSSR count). The molecule has 1 heterocycles. The Balaban J connectivity index is 1.94. The van der Waals surface area contributed by atoms with Crippen molar-refractivity contribution >= 4 is 5.97 Å². The minimum Gasteiger partial charge on any atom is -0.486 e. The summed E-state index contributed by atoms with van der Waals surface area (Å²) in [4.78, 5) is 11.6. The molecule has 0 bridgehead atoms. The summed E-state index contributed by atoms with van der Waals surface area (Å²) in [6.07, 6.45) is 2.31. The number of ether oxygens (including phenoxy) is 2. The van der Waals surface area contributed by atoms with Gasteiger partial charge in [0.1, 0.15) is 18.1 Å². The predicted molar refractivity (Wildman–Crippen MR) is 93.4 cm³/mol. The van der Waals surface area contributed by atoms with Crippen LogP contribution >= 0.6 is 0 Å². The second kappa shape index (κ2) is 8.04. The van der Waals surface area contributed by atoms with E-state index in [0.717, 1.165) is 18.6 Å². The highest BCUT2D eigenvalue weighted by atomic mass is 16.5. The molecule has 0 saturated carbocycles. The first kappa shape index (κ1) is 18.1. The third-order valence-corrected chi connectivity index (χ3v) is 4.03. The van der Waals surface area contributed by atoms with Crippen LogP contribution in [0.5, 0.6) is 5.75 Å². The van der Waals surface area contributed by atoms with E-state index in [4.69, 9.17) is 13.9 Å². The maximum atomic E-state index is 11.6. The van der Waals surface area contributed by atoms with E-state index in [1.807, 2.05) is 12.1 Å². The summed E-state index contributed by atoms with van der Waals surface area (Å²) in [6, 6.07) is 11.5. The maximum absolute atomic E-state index is 11.6. The highest BCUT2D eigenvalue weighted by Crippen LogP contribution is 2.29. The Hall–Kier alpha value is -2.23. The molecule has 0 radical (unpaired) electrons. The SMILES string of the molecule is CCCC(C)(C)c1ccc(OCc2ccc(C(=O)OCC)o2)cc1. The number of benzene rings is 1. The Morgan fingerprint density at radius 3 is 2.42 bits per heavy atom. The normalized spacial score (nSPS) is 11.3. The molecule has 0 fully saturated rings. The molecular weight excluding hydrogens is 304 g/mol. The van der Waals surface area contributed by atoms with Gasteiger partial charge >= 0.3 is 5.97 Å². The molecule has 0 N–H and O–H groups in total. The van der Waals surface area contributed by atoms with Gasteiger partial charge in [0.05, 0.1) is 6.61 Å². The maximum Gasteiger partial charge on any atom is 0.374 e. The smallest absolute Gasteiger partial charge is 0.374 e. The largest absolute Gasteiger partial charge is 0.486 e. The molecule has 0 aliphatic heterocycles. The molecule has 0 spiro atoms. The standard InChI is InChI=1S/C20H26O4/c1-5-13-20(3,4)15-7-9-16(10-8-15)23-14-17-11-12-18(24-17)19(21)22-6-2/h7-12H,5-6,13-14H2,1-4H3. The topological polar surface area (TPSA) is 48.7 Å². The lowest BCUT2D eigenvalue weighted by molar-refractivity contribution is 0.0486. The van der Waals surface area contributed by atoms with Crippen molar-refractivity contribution in [3.63, 3.8) is 0 Å². The molecule has 1 aromatic carbocycles. The Morgan fingerprint density at radius 2 is 1.79 bits per heavy atom. The highest BCUT2D eigenvalue weighted by Gasteiger charge is 2.19. The molecule has 0 aliphatic rings. The fourth-order valence-electron chi connectivity index (χ4n) is 2.69. The van der Waals surface area contributed by atoms with Crippen LogP contribution in [0.25, 0.3) is 0 Å². The minimum atomic E-state index is -0.453. The Bertz CT molecular complexity index is 653. The van der Waals surface area contributed by atoms with E-state index in [-0.39, 0.29) is 17.8 Å². The van der Waals surface area contributed by atoms with Gasteiger partial charge in [0.25, 0.3) is 0 Å². The molecule has 0 unspecified atom stereocenters. The van der Waals surface area contributed by atoms with Gasteiger partial charge in [-0.25, -0.2) is 4.79 Å². The second-order valence-electron chi connectivity index (χ2n) is 6.43. The van der Waals surface area contributed by atoms with Gasteiger partial charge in [-0.3, -0.25) is 0 Å². The van der Waals surface area contributed by atoms with E-state index >= 15 is 0 Å². The van der Waals surface area contributed by atoms with Crippen LogP contribution in [-0.2, 0) is 16.8 Å². The zero-order chi connectivity index (χ0) is 17.6. The fraction of sp³-hybridized carbons (Fsp3) is 0.450. The monoisotopic (exact) mass is 330 g/mol. The first-order valence-corrected chi connectivity index (χ1v) is 8.45. The van der Waals surface area contributed by atoms with E-state index < -0.39 is 5.97 Å². The Labute approximate surface area is 143 Å². The van der Waals surface area contributed by atoms with Crippen molar-refractivity contribution in [1.29, 1.82) is 0 Å². The molecule has 0 aliphatic carbocycles. The van der Waals surface area contributed by atoms with E-state index in [9.17, 15) is 4.79 Å². The van der Waals surface area contributed by atoms with Gasteiger partial charge in [0, 0.05) is 0 Å². The number of furan rings is 1. The lowest BCUT2D eigenvalue weighted by atomic mass is 9.81. The van der Waals surface area contributed by atoms with Crippen molar-refractivity contribution in [2.45, 2.75) is 52.6 Å². The Morgan fingerprint density at radius 1 is 1.08 bits per heavy atom. The summed E-state index contributed by atoms with van der Waals surface area (Å²) in [7, 11) is 0. The summed E-state index contributed by atoms with van der Waals surface area (Å²) < 4.78 is 16.1. The van der Waals surface area contributed by atoms with Crippen LogP contribution in [0.2, 0.25) is 0 Å². The van der Waals surface area contributed by atoms with Gasteiger partial charge in [-0.1, -0.05) is 39.3 Å². The van der Waals surface area contributed by atoms with Crippen LogP contribution in [0, 0.1) is 0 Å². The van der Waals surface area contributed by atoms with Gasteiger partial charge in [-0.05, 0) is 48.6 Å². The van der Waals surface area contributed by atoms with Crippen LogP contribution in [0.1, 0.15) is 62.4 Å². The van der Waals surface area contributed by atoms with Gasteiger partial charge in [0.2, 0.25) is 5.76 Å². The zero-order valence-electron chi connectivity index (χ0n) is 14.9. The molecule has 24 heavy (non-hydrogen) atoms. The van der Waals surface area contributed by atoms with Gasteiger partial charge in [-0.2, -0.15) is 0 Å². The van der Waals surface area contributed by atoms with E-state index in [1.54, 1.807) is 19.1 Å². The predicted octanol–water partition coefficient (Wildman–Crippen LogP) is 5.11. The first-order valence-electron chi connectivity index (χ1n) is 8.45. The summed E-state index contributed by atoms with van der Waals surface area (Å²) in [5.74, 6) is 1.12. The summed E-state index contributed by atoms with van der Waals surface area (Å²) in [6.45, 7) is 9.07. The van der Waals surface area contributed by atoms with Crippen molar-refractivity contribution in [3.05, 3.63) is 53.5 Å². The summed E-state index contributed by atoms with van der Waals surface area (Å²) in [5, 5.41) is 0. The number of hydrogen-bond acceptors (Lipinski definition) is 4. The highest BCUT2D eigenvalue weighted by molar-refractivity contribution is 5.86. The van der Waals surface area contributed by atoms with Crippen molar-refractivity contribution in [2.24, 2.45) is 0 Å². The van der Waals surface area contributed by atoms with Crippen LogP contribution in [0.3, 0.4) is 0 Å². The van der Waals surface area contributed by atoms with Crippen LogP contribution < -0.4 is 4.74 Å². The molecule has 1 aromatic heterocycles. The third-order valence-electron chi connectivity index (χ3n) is 4.03. The molecule has 0 amide bonds. The summed E-state index contributed by atoms with van der Waals surface area (Å²) >= 11 is 0. The van der Waals surface area contributed by atoms with Crippen molar-refractivity contribution in [3.8, 4) is 5.75 Å². The minimum absolute atomic E-state index is 0.169. The van der Waals surface area contributed by atoms with E-state index in [2.05, 4.69) is 32.9 Å². The zero-order valence-corrected chi connectivity index (χ0v) is 14.9. The van der Waals surface area contributed by atoms with Gasteiger partial charge in [0.15, 0.2) is 0 Å². The van der Waals surface area contributed by atoms with Crippen molar-refractivity contribution in [1.82, 2.24) is 0 Å². The van der Waals surface area contributed by atoms with Crippen LogP contribution in [-0.4, -0.2) is 12.6 Å². The first-order chi connectivity index (χ1) is 11.5. The average molecular weight is 330 g/mol. The van der Waals surface area contributed by atoms with E-state index in [0.29, 0.717) is 12.4 Å². The van der Waals surface area contributed by atoms with Crippen LogP contribution in [0.4, 0.5) is 0 Å². The van der Waals surface area contributed by atoms with Crippen LogP contribution in [0.15, 0.2) is 40.8 Å². The quantitative estimate of drug-likeness (QED) is 0.631. The summed E-state index contributed by atoms with van der Waals surface area (Å²) in [5.41, 5.74) is 1.47. The van der Waals surface area contributed by atoms with E-state index in [1.165, 1.54) is 5.56 Å². The molecule has 4 nitrogen and oxygen atoms in total. The Kier molecular flexibility index (Phi) is 6.07.